The van der Waals surface area contributed by atoms with Crippen molar-refractivity contribution in [1.29, 1.82) is 0 Å². The normalized spacial score (nSPS) is 13.5. The Morgan fingerprint density at radius 3 is 2.60 bits per heavy atom. The number of benzene rings is 1. The van der Waals surface area contributed by atoms with Crippen LogP contribution in [0.2, 0.25) is 10.0 Å². The van der Waals surface area contributed by atoms with Gasteiger partial charge >= 0.3 is 6.18 Å². The minimum atomic E-state index is -4.32. The molecule has 8 heteroatoms. The Morgan fingerprint density at radius 2 is 2.00 bits per heavy atom. The first kappa shape index (κ1) is 17.5. The molecular weight excluding hydrogens is 316 g/mol. The molecule has 0 aliphatic carbocycles. The van der Waals surface area contributed by atoms with Crippen molar-refractivity contribution in [2.24, 2.45) is 5.84 Å². The molecule has 1 unspecified atom stereocenters. The molecule has 1 aromatic rings. The molecule has 0 saturated carbocycles. The molecule has 1 rings (SSSR count). The van der Waals surface area contributed by atoms with Crippen LogP contribution in [0.1, 0.15) is 12.0 Å². The van der Waals surface area contributed by atoms with Crippen molar-refractivity contribution in [1.82, 2.24) is 5.43 Å². The quantitative estimate of drug-likeness (QED) is 0.458. The summed E-state index contributed by atoms with van der Waals surface area (Å²) in [7, 11) is 0. The molecule has 3 nitrogen and oxygen atoms in total. The van der Waals surface area contributed by atoms with Crippen LogP contribution in [-0.2, 0) is 11.2 Å². The van der Waals surface area contributed by atoms with Crippen LogP contribution in [-0.4, -0.2) is 25.4 Å². The second kappa shape index (κ2) is 8.05. The monoisotopic (exact) mass is 330 g/mol. The van der Waals surface area contributed by atoms with Gasteiger partial charge in [-0.1, -0.05) is 35.3 Å². The number of nitrogens with one attached hydrogen (secondary N) is 1. The van der Waals surface area contributed by atoms with Gasteiger partial charge in [-0.15, -0.1) is 0 Å². The fourth-order valence-corrected chi connectivity index (χ4v) is 2.03. The van der Waals surface area contributed by atoms with E-state index in [0.29, 0.717) is 22.9 Å². The summed E-state index contributed by atoms with van der Waals surface area (Å²) in [4.78, 5) is 0. The van der Waals surface area contributed by atoms with Gasteiger partial charge in [-0.25, -0.2) is 0 Å². The molecule has 0 amide bonds. The third-order valence-corrected chi connectivity index (χ3v) is 3.47. The number of alkyl halides is 3. The Kier molecular flexibility index (Phi) is 7.05. The molecule has 114 valence electrons. The Bertz CT molecular complexity index is 430. The molecular formula is C12H15Cl2F3N2O. The maximum atomic E-state index is 11.9. The largest absolute Gasteiger partial charge is 0.411 e. The summed E-state index contributed by atoms with van der Waals surface area (Å²) in [6, 6.07) is 4.94. The predicted octanol–water partition coefficient (Wildman–Crippen LogP) is 3.34. The van der Waals surface area contributed by atoms with Gasteiger partial charge < -0.3 is 4.74 Å². The highest BCUT2D eigenvalue weighted by molar-refractivity contribution is 6.42. The Balaban J connectivity index is 2.45. The van der Waals surface area contributed by atoms with E-state index in [9.17, 15) is 13.2 Å². The molecule has 0 radical (unpaired) electrons. The molecule has 0 aliphatic rings. The summed E-state index contributed by atoms with van der Waals surface area (Å²) < 4.78 is 40.3. The first-order valence-corrected chi connectivity index (χ1v) is 6.62. The summed E-state index contributed by atoms with van der Waals surface area (Å²) in [6.07, 6.45) is -3.54. The zero-order valence-electron chi connectivity index (χ0n) is 10.5. The van der Waals surface area contributed by atoms with E-state index in [-0.39, 0.29) is 12.6 Å². The number of nitrogens with two attached hydrogens (primary N) is 1. The van der Waals surface area contributed by atoms with Gasteiger partial charge in [0.05, 0.1) is 10.0 Å². The number of rotatable bonds is 7. The van der Waals surface area contributed by atoms with Crippen LogP contribution in [0.15, 0.2) is 18.2 Å². The van der Waals surface area contributed by atoms with E-state index in [1.807, 2.05) is 0 Å². The van der Waals surface area contributed by atoms with Crippen LogP contribution in [0.3, 0.4) is 0 Å². The van der Waals surface area contributed by atoms with Gasteiger partial charge in [0, 0.05) is 12.6 Å². The molecule has 1 atom stereocenters. The lowest BCUT2D eigenvalue weighted by Crippen LogP contribution is -2.38. The third kappa shape index (κ3) is 6.28. The summed E-state index contributed by atoms with van der Waals surface area (Å²) >= 11 is 11.9. The van der Waals surface area contributed by atoms with E-state index < -0.39 is 12.8 Å². The molecule has 0 saturated heterocycles. The van der Waals surface area contributed by atoms with Crippen LogP contribution in [0.5, 0.6) is 0 Å². The average molecular weight is 331 g/mol. The highest BCUT2D eigenvalue weighted by atomic mass is 35.5. The summed E-state index contributed by atoms with van der Waals surface area (Å²) in [5.41, 5.74) is 3.31. The predicted molar refractivity (Wildman–Crippen MR) is 72.8 cm³/mol. The van der Waals surface area contributed by atoms with Crippen molar-refractivity contribution in [2.45, 2.75) is 25.1 Å². The minimum Gasteiger partial charge on any atom is -0.372 e. The van der Waals surface area contributed by atoms with Gasteiger partial charge in [0.2, 0.25) is 0 Å². The topological polar surface area (TPSA) is 47.3 Å². The first-order chi connectivity index (χ1) is 9.33. The van der Waals surface area contributed by atoms with Gasteiger partial charge in [-0.3, -0.25) is 11.3 Å². The van der Waals surface area contributed by atoms with Crippen LogP contribution < -0.4 is 11.3 Å². The number of ether oxygens (including phenoxy) is 1. The number of hydrogen-bond acceptors (Lipinski definition) is 3. The summed E-state index contributed by atoms with van der Waals surface area (Å²) in [5.74, 6) is 5.37. The molecule has 0 heterocycles. The molecule has 0 bridgehead atoms. The maximum absolute atomic E-state index is 11.9. The van der Waals surface area contributed by atoms with Gasteiger partial charge in [0.15, 0.2) is 0 Å². The van der Waals surface area contributed by atoms with E-state index in [2.05, 4.69) is 10.2 Å². The van der Waals surface area contributed by atoms with Crippen molar-refractivity contribution < 1.29 is 17.9 Å². The van der Waals surface area contributed by atoms with Gasteiger partial charge in [-0.2, -0.15) is 13.2 Å². The van der Waals surface area contributed by atoms with Gasteiger partial charge in [0.1, 0.15) is 6.61 Å². The Morgan fingerprint density at radius 1 is 1.30 bits per heavy atom. The van der Waals surface area contributed by atoms with Crippen LogP contribution in [0.4, 0.5) is 13.2 Å². The Hall–Kier alpha value is -0.530. The third-order valence-electron chi connectivity index (χ3n) is 2.61. The lowest BCUT2D eigenvalue weighted by atomic mass is 10.0. The fourth-order valence-electron chi connectivity index (χ4n) is 1.63. The van der Waals surface area contributed by atoms with E-state index in [1.165, 1.54) is 0 Å². The van der Waals surface area contributed by atoms with Gasteiger partial charge in [-0.05, 0) is 24.5 Å². The highest BCUT2D eigenvalue weighted by Crippen LogP contribution is 2.26. The summed E-state index contributed by atoms with van der Waals surface area (Å²) in [6.45, 7) is -1.31. The first-order valence-electron chi connectivity index (χ1n) is 5.87. The zero-order valence-corrected chi connectivity index (χ0v) is 12.0. The number of halogens is 5. The van der Waals surface area contributed by atoms with Crippen molar-refractivity contribution in [2.75, 3.05) is 13.2 Å². The van der Waals surface area contributed by atoms with E-state index in [1.54, 1.807) is 18.2 Å². The molecule has 1 aromatic carbocycles. The molecule has 0 aliphatic heterocycles. The zero-order chi connectivity index (χ0) is 15.2. The van der Waals surface area contributed by atoms with E-state index in [4.69, 9.17) is 29.0 Å². The van der Waals surface area contributed by atoms with E-state index in [0.717, 1.165) is 5.56 Å². The maximum Gasteiger partial charge on any atom is 0.411 e. The average Bonchev–Trinajstić information content (AvgIpc) is 2.37. The van der Waals surface area contributed by atoms with Crippen LogP contribution >= 0.6 is 23.2 Å². The second-order valence-corrected chi connectivity index (χ2v) is 5.02. The van der Waals surface area contributed by atoms with Crippen molar-refractivity contribution in [3.63, 3.8) is 0 Å². The van der Waals surface area contributed by atoms with E-state index >= 15 is 0 Å². The fraction of sp³-hybridized carbons (Fsp3) is 0.500. The molecule has 0 spiro atoms. The molecule has 3 N–H and O–H groups in total. The Labute approximate surface area is 125 Å². The number of hydrogen-bond donors (Lipinski definition) is 2. The summed E-state index contributed by atoms with van der Waals surface area (Å²) in [5, 5.41) is 0.846. The van der Waals surface area contributed by atoms with Crippen LogP contribution in [0, 0.1) is 0 Å². The molecule has 20 heavy (non-hydrogen) atoms. The van der Waals surface area contributed by atoms with Crippen molar-refractivity contribution >= 4 is 23.2 Å². The lowest BCUT2D eigenvalue weighted by molar-refractivity contribution is -0.174. The van der Waals surface area contributed by atoms with Gasteiger partial charge in [0.25, 0.3) is 0 Å². The SMILES string of the molecule is NNC(CCOCC(F)(F)F)Cc1cccc(Cl)c1Cl. The molecule has 0 aromatic heterocycles. The smallest absolute Gasteiger partial charge is 0.372 e. The van der Waals surface area contributed by atoms with Crippen LogP contribution in [0.25, 0.3) is 0 Å². The van der Waals surface area contributed by atoms with Crippen molar-refractivity contribution in [3.8, 4) is 0 Å². The number of hydrazine groups is 1. The van der Waals surface area contributed by atoms with Crippen molar-refractivity contribution in [3.05, 3.63) is 33.8 Å². The molecule has 0 fully saturated rings. The second-order valence-electron chi connectivity index (χ2n) is 4.24. The lowest BCUT2D eigenvalue weighted by Gasteiger charge is -2.17. The highest BCUT2D eigenvalue weighted by Gasteiger charge is 2.27. The standard InChI is InChI=1S/C12H15Cl2F3N2O/c13-10-3-1-2-8(11(10)14)6-9(19-18)4-5-20-7-12(15,16)17/h1-3,9,19H,4-7,18H2. The minimum absolute atomic E-state index is 0.0490.